The molecular weight excluding hydrogens is 365 g/mol. The first-order chi connectivity index (χ1) is 11.3. The zero-order valence-electron chi connectivity index (χ0n) is 15.7. The third kappa shape index (κ3) is 2.98. The number of hydrogen-bond donors (Lipinski definition) is 1. The molecule has 2 bridgehead atoms. The molecule has 24 heavy (non-hydrogen) atoms. The predicted molar refractivity (Wildman–Crippen MR) is 98.2 cm³/mol. The number of nitrogens with one attached hydrogen (secondary N) is 1. The Bertz CT molecular complexity index is 518. The van der Waals surface area contributed by atoms with E-state index in [9.17, 15) is 9.59 Å². The van der Waals surface area contributed by atoms with Crippen LogP contribution in [-0.2, 0) is 9.59 Å². The van der Waals surface area contributed by atoms with E-state index in [1.165, 1.54) is 38.5 Å². The van der Waals surface area contributed by atoms with Crippen LogP contribution in [0.2, 0.25) is 9.63 Å². The van der Waals surface area contributed by atoms with Gasteiger partial charge in [0, 0.05) is 0 Å². The quantitative estimate of drug-likeness (QED) is 0.726. The van der Waals surface area contributed by atoms with Gasteiger partial charge in [-0.3, -0.25) is 0 Å². The Hall–Kier alpha value is -0.341. The fourth-order valence-corrected chi connectivity index (χ4v) is 9.84. The summed E-state index contributed by atoms with van der Waals surface area (Å²) in [5.74, 6) is 1.21. The maximum absolute atomic E-state index is 13.2. The van der Waals surface area contributed by atoms with Crippen LogP contribution in [0.3, 0.4) is 0 Å². The second kappa shape index (κ2) is 6.76. The van der Waals surface area contributed by atoms with Gasteiger partial charge in [-0.05, 0) is 0 Å². The summed E-state index contributed by atoms with van der Waals surface area (Å²) in [5.41, 5.74) is 0.0524. The van der Waals surface area contributed by atoms with Crippen LogP contribution in [-0.4, -0.2) is 32.7 Å². The molecule has 1 N–H and O–H groups in total. The monoisotopic (exact) mass is 399 g/mol. The van der Waals surface area contributed by atoms with Crippen molar-refractivity contribution in [1.82, 2.24) is 5.32 Å². The Morgan fingerprint density at radius 2 is 1.75 bits per heavy atom. The van der Waals surface area contributed by atoms with Gasteiger partial charge in [0.1, 0.15) is 0 Å². The molecule has 3 saturated carbocycles. The van der Waals surface area contributed by atoms with Gasteiger partial charge in [-0.2, -0.15) is 0 Å². The number of rotatable bonds is 3. The third-order valence-corrected chi connectivity index (χ3v) is 11.1. The molecule has 0 aromatic carbocycles. The number of carbonyl (C=O) groups excluding carboxylic acids is 2. The van der Waals surface area contributed by atoms with Gasteiger partial charge in [0.05, 0.1) is 0 Å². The molecule has 0 spiro atoms. The van der Waals surface area contributed by atoms with Crippen LogP contribution in [0.15, 0.2) is 0 Å². The van der Waals surface area contributed by atoms with Gasteiger partial charge in [0.25, 0.3) is 0 Å². The molecule has 3 rings (SSSR count). The molecule has 0 aromatic rings. The summed E-state index contributed by atoms with van der Waals surface area (Å²) in [6.45, 7) is 8.49. The molecule has 5 atom stereocenters. The molecule has 0 heterocycles. The van der Waals surface area contributed by atoms with Gasteiger partial charge >= 0.3 is 153 Å². The van der Waals surface area contributed by atoms with E-state index in [2.05, 4.69) is 26.1 Å². The molecule has 1 amide bonds. The Labute approximate surface area is 153 Å². The molecule has 0 saturated heterocycles. The Kier molecular flexibility index (Phi) is 5.20. The van der Waals surface area contributed by atoms with E-state index >= 15 is 0 Å². The van der Waals surface area contributed by atoms with Crippen LogP contribution in [0.25, 0.3) is 0 Å². The topological polar surface area (TPSA) is 46.2 Å². The number of fused-ring (bicyclic) bond motifs is 2. The summed E-state index contributed by atoms with van der Waals surface area (Å²) in [6, 6.07) is 0.297. The van der Waals surface area contributed by atoms with Crippen molar-refractivity contribution in [3.63, 3.8) is 0 Å². The summed E-state index contributed by atoms with van der Waals surface area (Å²) < 4.78 is 0. The van der Waals surface area contributed by atoms with Crippen molar-refractivity contribution in [3.8, 4) is 0 Å². The third-order valence-electron chi connectivity index (χ3n) is 7.38. The van der Waals surface area contributed by atoms with E-state index in [-0.39, 0.29) is 21.6 Å². The molecule has 136 valence electrons. The summed E-state index contributed by atoms with van der Waals surface area (Å²) in [5, 5.41) is 3.23. The van der Waals surface area contributed by atoms with Crippen LogP contribution in [0.5, 0.6) is 0 Å². The van der Waals surface area contributed by atoms with Crippen molar-refractivity contribution in [2.24, 2.45) is 16.7 Å². The predicted octanol–water partition coefficient (Wildman–Crippen LogP) is 4.15. The summed E-state index contributed by atoms with van der Waals surface area (Å²) in [6.07, 6.45) is 9.65. The van der Waals surface area contributed by atoms with Crippen LogP contribution >= 0.6 is 0 Å². The molecule has 3 fully saturated rings. The number of Topliss-reactive ketones (excluding diaryl/α,β-unsaturated/α-hetero) is 1. The van der Waals surface area contributed by atoms with Crippen LogP contribution in [0.4, 0.5) is 0 Å². The minimum absolute atomic E-state index is 0.0907. The van der Waals surface area contributed by atoms with Gasteiger partial charge in [-0.25, -0.2) is 0 Å². The normalized spacial score (nSPS) is 41.8. The van der Waals surface area contributed by atoms with Crippen molar-refractivity contribution in [3.05, 3.63) is 0 Å². The van der Waals surface area contributed by atoms with Crippen LogP contribution < -0.4 is 5.32 Å². The first-order valence-corrected chi connectivity index (χ1v) is 11.7. The fraction of sp³-hybridized carbons (Fsp3) is 0.900. The SMILES string of the molecule is CC(=O)N[C@H]1CCCCCC[C@H]1[Se]C1C(=O)C2(C)CCC1C2(C)C. The Morgan fingerprint density at radius 1 is 1.08 bits per heavy atom. The number of hydrogen-bond acceptors (Lipinski definition) is 2. The standard InChI is InChI=1S/C20H33NO2Se/c1-13(22)21-15-9-7-5-6-8-10-16(15)24-17-14-11-12-20(4,18(17)23)19(14,2)3/h14-17H,5-12H2,1-4H3,(H,21,22)/t14?,15-,16+,17?,20?/m0/s1. The second-order valence-electron chi connectivity index (χ2n) is 8.96. The molecule has 3 aliphatic rings. The average molecular weight is 398 g/mol. The van der Waals surface area contributed by atoms with Crippen molar-refractivity contribution in [2.45, 2.75) is 94.7 Å². The molecule has 4 heteroatoms. The fourth-order valence-electron chi connectivity index (χ4n) is 5.39. The number of ketones is 1. The zero-order valence-corrected chi connectivity index (χ0v) is 17.4. The molecule has 0 aromatic heterocycles. The molecule has 3 unspecified atom stereocenters. The minimum atomic E-state index is -0.102. The van der Waals surface area contributed by atoms with Gasteiger partial charge < -0.3 is 0 Å². The van der Waals surface area contributed by atoms with E-state index in [1.807, 2.05) is 0 Å². The van der Waals surface area contributed by atoms with Crippen LogP contribution in [0, 0.1) is 16.7 Å². The van der Waals surface area contributed by atoms with Gasteiger partial charge in [0.2, 0.25) is 0 Å². The van der Waals surface area contributed by atoms with E-state index < -0.39 is 0 Å². The zero-order chi connectivity index (χ0) is 17.5. The molecule has 0 radical (unpaired) electrons. The van der Waals surface area contributed by atoms with E-state index in [0.717, 1.165) is 12.8 Å². The molecule has 3 aliphatic carbocycles. The Morgan fingerprint density at radius 3 is 2.33 bits per heavy atom. The van der Waals surface area contributed by atoms with Gasteiger partial charge in [-0.1, -0.05) is 0 Å². The second-order valence-corrected chi connectivity index (χ2v) is 11.9. The summed E-state index contributed by atoms with van der Waals surface area (Å²) in [7, 11) is 0. The van der Waals surface area contributed by atoms with E-state index in [4.69, 9.17) is 0 Å². The Balaban J connectivity index is 1.77. The van der Waals surface area contributed by atoms with Crippen molar-refractivity contribution in [1.29, 1.82) is 0 Å². The molecule has 3 nitrogen and oxygen atoms in total. The molecule has 0 aliphatic heterocycles. The van der Waals surface area contributed by atoms with E-state index in [1.54, 1.807) is 6.92 Å². The summed E-state index contributed by atoms with van der Waals surface area (Å²) in [4.78, 5) is 25.7. The van der Waals surface area contributed by atoms with Crippen molar-refractivity contribution < 1.29 is 9.59 Å². The average Bonchev–Trinajstić information content (AvgIpc) is 2.79. The number of amides is 1. The molecular formula is C20H33NO2Se. The van der Waals surface area contributed by atoms with Crippen LogP contribution in [0.1, 0.15) is 79.1 Å². The van der Waals surface area contributed by atoms with E-state index in [0.29, 0.717) is 37.5 Å². The number of carbonyl (C=O) groups is 2. The van der Waals surface area contributed by atoms with Gasteiger partial charge in [0.15, 0.2) is 0 Å². The first kappa shape index (κ1) is 18.5. The maximum atomic E-state index is 13.2. The van der Waals surface area contributed by atoms with Crippen molar-refractivity contribution >= 4 is 26.6 Å². The van der Waals surface area contributed by atoms with Gasteiger partial charge in [-0.15, -0.1) is 0 Å². The summed E-state index contributed by atoms with van der Waals surface area (Å²) >= 11 is 0.307. The first-order valence-electron chi connectivity index (χ1n) is 9.74. The van der Waals surface area contributed by atoms with Crippen molar-refractivity contribution in [2.75, 3.05) is 0 Å².